The smallest absolute Gasteiger partial charge is 0.0585 e. The summed E-state index contributed by atoms with van der Waals surface area (Å²) in [4.78, 5) is 0. The van der Waals surface area contributed by atoms with Crippen LogP contribution in [0.5, 0.6) is 0 Å². The molecule has 22 heavy (non-hydrogen) atoms. The van der Waals surface area contributed by atoms with E-state index in [1.807, 2.05) is 13.8 Å². The minimum absolute atomic E-state index is 0.0256. The highest BCUT2D eigenvalue weighted by Gasteiger charge is 2.87. The van der Waals surface area contributed by atoms with Crippen molar-refractivity contribution in [3.63, 3.8) is 0 Å². The second-order valence-electron chi connectivity index (χ2n) is 9.35. The Morgan fingerprint density at radius 2 is 1.68 bits per heavy atom. The fourth-order valence-electron chi connectivity index (χ4n) is 8.76. The van der Waals surface area contributed by atoms with E-state index in [9.17, 15) is 5.11 Å². The van der Waals surface area contributed by atoms with Crippen molar-refractivity contribution in [2.75, 3.05) is 0 Å². The van der Waals surface area contributed by atoms with Crippen molar-refractivity contribution in [3.8, 4) is 0 Å². The van der Waals surface area contributed by atoms with Crippen molar-refractivity contribution in [3.05, 3.63) is 0 Å². The van der Waals surface area contributed by atoms with Crippen molar-refractivity contribution in [2.45, 2.75) is 91.6 Å². The molecule has 0 bridgehead atoms. The highest BCUT2D eigenvalue weighted by atomic mass is 16.3. The van der Waals surface area contributed by atoms with Gasteiger partial charge in [0, 0.05) is 0 Å². The lowest BCUT2D eigenvalue weighted by Crippen LogP contribution is -2.43. The number of hydrogen-bond donors (Lipinski definition) is 1. The molecule has 1 nitrogen and oxygen atoms in total. The van der Waals surface area contributed by atoms with Crippen LogP contribution in [0.25, 0.3) is 0 Å². The van der Waals surface area contributed by atoms with E-state index in [0.29, 0.717) is 22.2 Å². The first-order chi connectivity index (χ1) is 10.6. The molecule has 0 aromatic rings. The van der Waals surface area contributed by atoms with E-state index in [1.165, 1.54) is 51.4 Å². The quantitative estimate of drug-likeness (QED) is 0.634. The summed E-state index contributed by atoms with van der Waals surface area (Å²) < 4.78 is 0. The van der Waals surface area contributed by atoms with Crippen LogP contribution in [0.4, 0.5) is 0 Å². The van der Waals surface area contributed by atoms with E-state index in [1.54, 1.807) is 0 Å². The van der Waals surface area contributed by atoms with Crippen LogP contribution in [0, 0.1) is 39.9 Å². The molecule has 5 aliphatic rings. The van der Waals surface area contributed by atoms with Crippen LogP contribution in [0.2, 0.25) is 0 Å². The number of aliphatic hydroxyl groups is 1. The third kappa shape index (κ3) is 1.42. The molecule has 0 aliphatic heterocycles. The normalized spacial score (nSPS) is 61.2. The number of aliphatic hydroxyl groups excluding tert-OH is 1. The summed E-state index contributed by atoms with van der Waals surface area (Å²) in [5, 5.41) is 11.0. The highest BCUT2D eigenvalue weighted by molar-refractivity contribution is 5.35. The maximum Gasteiger partial charge on any atom is 0.0585 e. The third-order valence-electron chi connectivity index (χ3n) is 9.39. The molecule has 5 fully saturated rings. The van der Waals surface area contributed by atoms with Gasteiger partial charge in [0.2, 0.25) is 0 Å². The Kier molecular flexibility index (Phi) is 3.34. The van der Waals surface area contributed by atoms with Gasteiger partial charge in [0.15, 0.2) is 0 Å². The van der Waals surface area contributed by atoms with Crippen LogP contribution in [0.3, 0.4) is 0 Å². The second-order valence-corrected chi connectivity index (χ2v) is 9.35. The predicted octanol–water partition coefficient (Wildman–Crippen LogP) is 5.42. The predicted molar refractivity (Wildman–Crippen MR) is 91.5 cm³/mol. The summed E-state index contributed by atoms with van der Waals surface area (Å²) in [6, 6.07) is 0. The molecule has 0 aromatic heterocycles. The van der Waals surface area contributed by atoms with E-state index < -0.39 is 0 Å². The van der Waals surface area contributed by atoms with Crippen LogP contribution in [0.15, 0.2) is 0 Å². The minimum atomic E-state index is 0.0256. The lowest BCUT2D eigenvalue weighted by atomic mass is 9.59. The molecule has 126 valence electrons. The average Bonchev–Trinajstić information content (AvgIpc) is 2.78. The SMILES string of the molecule is CC.CC1CCC2C1(C)CC(O)C1C34CCCCC3CCC214. The topological polar surface area (TPSA) is 20.2 Å². The Labute approximate surface area is 137 Å². The molecule has 0 heterocycles. The van der Waals surface area contributed by atoms with Crippen molar-refractivity contribution < 1.29 is 5.11 Å². The molecular formula is C21H36O. The maximum atomic E-state index is 11.0. The first-order valence-corrected chi connectivity index (χ1v) is 10.3. The summed E-state index contributed by atoms with van der Waals surface area (Å²) in [7, 11) is 0. The molecular weight excluding hydrogens is 268 g/mol. The largest absolute Gasteiger partial charge is 0.393 e. The van der Waals surface area contributed by atoms with Gasteiger partial charge < -0.3 is 5.11 Å². The zero-order chi connectivity index (χ0) is 15.8. The Bertz CT molecular complexity index is 459. The van der Waals surface area contributed by atoms with Crippen LogP contribution in [0.1, 0.15) is 85.5 Å². The number of rotatable bonds is 0. The fourth-order valence-corrected chi connectivity index (χ4v) is 8.76. The molecule has 5 saturated carbocycles. The van der Waals surface area contributed by atoms with Gasteiger partial charge in [0.05, 0.1) is 6.10 Å². The molecule has 0 radical (unpaired) electrons. The number of fused-ring (bicyclic) bond motifs is 1. The first-order valence-electron chi connectivity index (χ1n) is 10.3. The maximum absolute atomic E-state index is 11.0. The van der Waals surface area contributed by atoms with Crippen molar-refractivity contribution >= 4 is 0 Å². The van der Waals surface area contributed by atoms with Gasteiger partial charge in [-0.05, 0) is 84.9 Å². The zero-order valence-corrected chi connectivity index (χ0v) is 15.2. The van der Waals surface area contributed by atoms with Crippen molar-refractivity contribution in [1.29, 1.82) is 0 Å². The zero-order valence-electron chi connectivity index (χ0n) is 15.2. The van der Waals surface area contributed by atoms with Crippen molar-refractivity contribution in [1.82, 2.24) is 0 Å². The monoisotopic (exact) mass is 304 g/mol. The summed E-state index contributed by atoms with van der Waals surface area (Å²) in [5.74, 6) is 3.46. The molecule has 5 rings (SSSR count). The van der Waals surface area contributed by atoms with Crippen LogP contribution in [-0.4, -0.2) is 11.2 Å². The summed E-state index contributed by atoms with van der Waals surface area (Å²) in [5.41, 5.74) is 1.65. The van der Waals surface area contributed by atoms with Gasteiger partial charge in [-0.25, -0.2) is 0 Å². The molecule has 0 amide bonds. The van der Waals surface area contributed by atoms with Crippen molar-refractivity contribution in [2.24, 2.45) is 39.9 Å². The van der Waals surface area contributed by atoms with Gasteiger partial charge in [-0.1, -0.05) is 40.5 Å². The van der Waals surface area contributed by atoms with Gasteiger partial charge >= 0.3 is 0 Å². The van der Waals surface area contributed by atoms with E-state index in [0.717, 1.165) is 24.2 Å². The van der Waals surface area contributed by atoms with Crippen LogP contribution in [-0.2, 0) is 0 Å². The molecule has 2 spiro atoms. The lowest BCUT2D eigenvalue weighted by Gasteiger charge is -2.46. The highest BCUT2D eigenvalue weighted by Crippen LogP contribution is 2.91. The lowest BCUT2D eigenvalue weighted by molar-refractivity contribution is -0.0361. The molecule has 5 aliphatic carbocycles. The molecule has 1 heteroatoms. The summed E-state index contributed by atoms with van der Waals surface area (Å²) >= 11 is 0. The van der Waals surface area contributed by atoms with E-state index in [4.69, 9.17) is 0 Å². The van der Waals surface area contributed by atoms with Gasteiger partial charge in [0.1, 0.15) is 0 Å². The van der Waals surface area contributed by atoms with E-state index in [2.05, 4.69) is 13.8 Å². The Morgan fingerprint density at radius 1 is 0.909 bits per heavy atom. The fraction of sp³-hybridized carbons (Fsp3) is 1.00. The molecule has 1 N–H and O–H groups in total. The number of hydrogen-bond acceptors (Lipinski definition) is 1. The Hall–Kier alpha value is -0.0400. The van der Waals surface area contributed by atoms with Crippen LogP contribution >= 0.6 is 0 Å². The van der Waals surface area contributed by atoms with E-state index in [-0.39, 0.29) is 6.10 Å². The van der Waals surface area contributed by atoms with Gasteiger partial charge in [-0.2, -0.15) is 0 Å². The molecule has 0 saturated heterocycles. The molecule has 8 atom stereocenters. The third-order valence-corrected chi connectivity index (χ3v) is 9.39. The van der Waals surface area contributed by atoms with Gasteiger partial charge in [-0.3, -0.25) is 0 Å². The molecule has 0 aromatic carbocycles. The van der Waals surface area contributed by atoms with E-state index >= 15 is 0 Å². The second kappa shape index (κ2) is 4.74. The Balaban J connectivity index is 0.000000602. The van der Waals surface area contributed by atoms with Gasteiger partial charge in [-0.15, -0.1) is 0 Å². The average molecular weight is 305 g/mol. The van der Waals surface area contributed by atoms with Crippen LogP contribution < -0.4 is 0 Å². The Morgan fingerprint density at radius 3 is 2.45 bits per heavy atom. The first kappa shape index (κ1) is 15.5. The minimum Gasteiger partial charge on any atom is -0.393 e. The summed E-state index contributed by atoms with van der Waals surface area (Å²) in [6.07, 6.45) is 12.8. The molecule has 8 unspecified atom stereocenters. The van der Waals surface area contributed by atoms with Gasteiger partial charge in [0.25, 0.3) is 0 Å². The summed E-state index contributed by atoms with van der Waals surface area (Å²) in [6.45, 7) is 9.00. The standard InChI is InChI=1S/C19H30O.C2H6/c1-12-6-7-15-17(12,2)11-14(20)16-18-9-4-3-5-13(18)8-10-19(15,16)18;1-2/h12-16,20H,3-11H2,1-2H3;1-2H3.